The zero-order valence-corrected chi connectivity index (χ0v) is 34.9. The molecule has 2 nitrogen and oxygen atoms in total. The first-order valence-corrected chi connectivity index (χ1v) is 24.5. The molecule has 8 aromatic carbocycles. The summed E-state index contributed by atoms with van der Waals surface area (Å²) < 4.78 is 0. The van der Waals surface area contributed by atoms with Crippen LogP contribution in [0.5, 0.6) is 0 Å². The van der Waals surface area contributed by atoms with E-state index in [9.17, 15) is 4.79 Å². The van der Waals surface area contributed by atoms with Gasteiger partial charge in [-0.1, -0.05) is 194 Å². The van der Waals surface area contributed by atoms with E-state index in [1.54, 1.807) is 20.5 Å². The van der Waals surface area contributed by atoms with Crippen molar-refractivity contribution >= 4 is 95.0 Å². The van der Waals surface area contributed by atoms with Crippen LogP contribution in [-0.4, -0.2) is 25.4 Å². The minimum atomic E-state index is -0.852. The third kappa shape index (κ3) is 9.36. The average molecular weight is 867 g/mol. The van der Waals surface area contributed by atoms with Crippen LogP contribution in [0, 0.1) is 0 Å². The number of fused-ring (bicyclic) bond motifs is 2. The van der Waals surface area contributed by atoms with Crippen LogP contribution in [-0.2, 0) is 19.9 Å². The smallest absolute Gasteiger partial charge is 0.000884 e. The van der Waals surface area contributed by atoms with Crippen LogP contribution in [0.1, 0.15) is 0 Å². The van der Waals surface area contributed by atoms with Gasteiger partial charge in [0.15, 0.2) is 0 Å². The molecule has 0 aliphatic carbocycles. The predicted octanol–water partition coefficient (Wildman–Crippen LogP) is 10.2. The largest absolute Gasteiger partial charge is 0.0622 e. The first kappa shape index (κ1) is 39.5. The van der Waals surface area contributed by atoms with Crippen LogP contribution in [0.15, 0.2) is 194 Å². The van der Waals surface area contributed by atoms with Gasteiger partial charge in [0, 0.05) is 0 Å². The molecule has 0 aromatic heterocycles. The van der Waals surface area contributed by atoms with Gasteiger partial charge in [-0.2, -0.15) is 6.41 Å². The predicted molar refractivity (Wildman–Crippen MR) is 235 cm³/mol. The first-order chi connectivity index (χ1) is 26.5. The quantitative estimate of drug-likeness (QED) is 0.0645. The van der Waals surface area contributed by atoms with Gasteiger partial charge in [-0.25, -0.2) is 0 Å². The van der Waals surface area contributed by atoms with Gasteiger partial charge in [0.05, 0.1) is 0 Å². The molecule has 1 amide bonds. The summed E-state index contributed by atoms with van der Waals surface area (Å²) in [5.41, 5.74) is 2.70. The maximum Gasteiger partial charge on any atom is -0.000884 e. The average Bonchev–Trinajstić information content (AvgIpc) is 3.23. The molecule has 0 aliphatic rings. The van der Waals surface area contributed by atoms with Crippen LogP contribution in [0.4, 0.5) is 0 Å². The Morgan fingerprint density at radius 3 is 0.963 bits per heavy atom. The zero-order chi connectivity index (χ0) is 37.7. The fraction of sp³-hybridized carbons (Fsp3) is 0.0426. The molecule has 7 heteroatoms. The SMILES string of the molecule is CN(C)[C-]=O.[Cl][Ru][Cl].c1ccc(P(c2ccccc2)c2ccc3ccccc3c2-c2c(P(c3ccccc3)c3ccccc3)ccc3ccccc23)cc1. The van der Waals surface area contributed by atoms with Crippen molar-refractivity contribution in [1.29, 1.82) is 0 Å². The van der Waals surface area contributed by atoms with Crippen molar-refractivity contribution in [3.05, 3.63) is 194 Å². The summed E-state index contributed by atoms with van der Waals surface area (Å²) in [5.74, 6) is 0. The van der Waals surface area contributed by atoms with E-state index in [4.69, 9.17) is 19.4 Å². The van der Waals surface area contributed by atoms with E-state index in [1.165, 1.54) is 69.4 Å². The van der Waals surface area contributed by atoms with Crippen molar-refractivity contribution in [2.45, 2.75) is 0 Å². The van der Waals surface area contributed by atoms with Crippen LogP contribution < -0.4 is 31.8 Å². The van der Waals surface area contributed by atoms with Gasteiger partial charge in [0.25, 0.3) is 0 Å². The molecule has 0 aliphatic heterocycles. The summed E-state index contributed by atoms with van der Waals surface area (Å²) >= 11 is -0.346. The van der Waals surface area contributed by atoms with Gasteiger partial charge in [0.1, 0.15) is 0 Å². The Morgan fingerprint density at radius 2 is 0.685 bits per heavy atom. The molecule has 0 atom stereocenters. The van der Waals surface area contributed by atoms with Crippen molar-refractivity contribution in [1.82, 2.24) is 4.90 Å². The topological polar surface area (TPSA) is 20.3 Å². The Kier molecular flexibility index (Phi) is 14.6. The van der Waals surface area contributed by atoms with Crippen molar-refractivity contribution in [2.24, 2.45) is 0 Å². The van der Waals surface area contributed by atoms with Crippen molar-refractivity contribution in [3.8, 4) is 11.1 Å². The number of benzene rings is 8. The molecule has 0 saturated heterocycles. The van der Waals surface area contributed by atoms with E-state index in [0.717, 1.165) is 0 Å². The molecular weight excluding hydrogens is 828 g/mol. The summed E-state index contributed by atoms with van der Waals surface area (Å²) in [7, 11) is 11.3. The maximum absolute atomic E-state index is 9.31. The Hall–Kier alpha value is -4.19. The van der Waals surface area contributed by atoms with Gasteiger partial charge in [-0.15, -0.1) is 0 Å². The van der Waals surface area contributed by atoms with Crippen LogP contribution in [0.25, 0.3) is 32.7 Å². The number of carbonyl (C=O) groups excluding carboxylic acids is 1. The summed E-state index contributed by atoms with van der Waals surface area (Å²) in [6.45, 7) is 0. The summed E-state index contributed by atoms with van der Waals surface area (Å²) in [6, 6.07) is 71.8. The Balaban J connectivity index is 0.000000569. The van der Waals surface area contributed by atoms with Crippen LogP contribution >= 0.6 is 35.2 Å². The van der Waals surface area contributed by atoms with E-state index >= 15 is 0 Å². The fourth-order valence-electron chi connectivity index (χ4n) is 6.58. The molecule has 0 saturated carbocycles. The molecular formula is C47H38Cl2NOP2Ru-. The van der Waals surface area contributed by atoms with Crippen LogP contribution in [0.2, 0.25) is 0 Å². The number of nitrogens with zero attached hydrogens (tertiary/aromatic N) is 1. The molecule has 0 bridgehead atoms. The second-order valence-corrected chi connectivity index (χ2v) is 19.4. The van der Waals surface area contributed by atoms with E-state index in [1.807, 2.05) is 0 Å². The Bertz CT molecular complexity index is 2160. The summed E-state index contributed by atoms with van der Waals surface area (Å²) in [5, 5.41) is 13.3. The van der Waals surface area contributed by atoms with Crippen molar-refractivity contribution < 1.29 is 19.9 Å². The molecule has 8 rings (SSSR count). The standard InChI is InChI=1S/C44H32P2.C3H6NO.2ClH.Ru/c1-5-19-35(20-6-1)45(36-21-7-2-8-22-36)41-31-29-33-17-13-15-27-39(33)43(41)44-40-28-16-14-18-34(40)30-32-42(44)46(37-23-9-3-10-24-37)38-25-11-4-12-26-38;1-4(2)3-5;;;/h1-32H;1-2H3;2*1H;/q;-1;;;+2/p-2. The summed E-state index contributed by atoms with van der Waals surface area (Å²) in [6.07, 6.45) is 1.61. The summed E-state index contributed by atoms with van der Waals surface area (Å²) in [4.78, 5) is 10.6. The monoisotopic (exact) mass is 866 g/mol. The second kappa shape index (κ2) is 19.9. The Labute approximate surface area is 337 Å². The van der Waals surface area contributed by atoms with Gasteiger partial charge in [0.2, 0.25) is 0 Å². The second-order valence-electron chi connectivity index (χ2n) is 12.4. The van der Waals surface area contributed by atoms with Gasteiger partial charge < -0.3 is 9.69 Å². The molecule has 270 valence electrons. The third-order valence-corrected chi connectivity index (χ3v) is 13.8. The third-order valence-electron chi connectivity index (χ3n) is 8.79. The Morgan fingerprint density at radius 1 is 0.426 bits per heavy atom. The first-order valence-electron chi connectivity index (χ1n) is 17.3. The normalized spacial score (nSPS) is 10.8. The molecule has 0 unspecified atom stereocenters. The number of hydrogen-bond acceptors (Lipinski definition) is 1. The van der Waals surface area contributed by atoms with Crippen molar-refractivity contribution in [3.63, 3.8) is 0 Å². The molecule has 54 heavy (non-hydrogen) atoms. The van der Waals surface area contributed by atoms with E-state index in [2.05, 4.69) is 194 Å². The fourth-order valence-corrected chi connectivity index (χ4v) is 11.5. The minimum Gasteiger partial charge on any atom is -0.0622 e. The van der Waals surface area contributed by atoms with Crippen LogP contribution in [0.3, 0.4) is 0 Å². The molecule has 0 radical (unpaired) electrons. The van der Waals surface area contributed by atoms with E-state index in [0.29, 0.717) is 0 Å². The van der Waals surface area contributed by atoms with Gasteiger partial charge in [-0.3, -0.25) is 0 Å². The molecule has 8 aromatic rings. The number of rotatable bonds is 8. The van der Waals surface area contributed by atoms with Gasteiger partial charge in [-0.05, 0) is 94.4 Å². The van der Waals surface area contributed by atoms with E-state index in [-0.39, 0.29) is 15.1 Å². The number of amides is 1. The number of hydrogen-bond donors (Lipinski definition) is 0. The van der Waals surface area contributed by atoms with Gasteiger partial charge >= 0.3 is 34.5 Å². The maximum atomic E-state index is 9.31. The molecule has 0 heterocycles. The zero-order valence-electron chi connectivity index (χ0n) is 29.8. The molecule has 0 N–H and O–H groups in total. The molecule has 0 fully saturated rings. The number of halogens is 2. The van der Waals surface area contributed by atoms with E-state index < -0.39 is 15.8 Å². The minimum absolute atomic E-state index is 0.346. The molecule has 0 spiro atoms. The van der Waals surface area contributed by atoms with Crippen molar-refractivity contribution in [2.75, 3.05) is 14.1 Å².